The van der Waals surface area contributed by atoms with Crippen LogP contribution in [0.15, 0.2) is 0 Å². The molecule has 0 atom stereocenters. The molecule has 0 aliphatic carbocycles. The van der Waals surface area contributed by atoms with Crippen molar-refractivity contribution in [2.24, 2.45) is 0 Å². The molecule has 0 spiro atoms. The average molecular weight is 271 g/mol. The molecule has 1 aliphatic heterocycles. The minimum Gasteiger partial charge on any atom is -0.344 e. The lowest BCUT2D eigenvalue weighted by molar-refractivity contribution is -0.131. The van der Waals surface area contributed by atoms with Gasteiger partial charge in [-0.3, -0.25) is 4.79 Å². The van der Waals surface area contributed by atoms with Crippen molar-refractivity contribution in [3.63, 3.8) is 0 Å². The molecule has 1 fully saturated rings. The van der Waals surface area contributed by atoms with Gasteiger partial charge in [0.1, 0.15) is 0 Å². The minimum atomic E-state index is -0.479. The van der Waals surface area contributed by atoms with Crippen molar-refractivity contribution in [3.05, 3.63) is 0 Å². The van der Waals surface area contributed by atoms with E-state index in [0.29, 0.717) is 0 Å². The minimum absolute atomic E-state index is 0.124. The van der Waals surface area contributed by atoms with Crippen molar-refractivity contribution >= 4 is 37.8 Å². The van der Waals surface area contributed by atoms with E-state index in [1.807, 2.05) is 7.05 Å². The van der Waals surface area contributed by atoms with Crippen LogP contribution >= 0.6 is 31.9 Å². The standard InChI is InChI=1S/C6H9Br2NO/c1-9-4-2-3-6(7,8)5(9)10/h2-4H2,1H3. The van der Waals surface area contributed by atoms with Gasteiger partial charge in [-0.05, 0) is 12.8 Å². The van der Waals surface area contributed by atoms with Crippen molar-refractivity contribution < 1.29 is 4.79 Å². The molecule has 4 heteroatoms. The van der Waals surface area contributed by atoms with Crippen molar-refractivity contribution in [1.82, 2.24) is 4.90 Å². The third-order valence-electron chi connectivity index (χ3n) is 1.64. The zero-order valence-corrected chi connectivity index (χ0v) is 8.90. The van der Waals surface area contributed by atoms with Gasteiger partial charge in [0.05, 0.1) is 0 Å². The Morgan fingerprint density at radius 1 is 1.60 bits per heavy atom. The molecule has 0 N–H and O–H groups in total. The predicted molar refractivity (Wildman–Crippen MR) is 47.5 cm³/mol. The SMILES string of the molecule is CN1CCCC(Br)(Br)C1=O. The second kappa shape index (κ2) is 2.81. The Bertz CT molecular complexity index is 158. The smallest absolute Gasteiger partial charge is 0.250 e. The summed E-state index contributed by atoms with van der Waals surface area (Å²) in [4.78, 5) is 13.0. The van der Waals surface area contributed by atoms with Crippen LogP contribution < -0.4 is 0 Å². The lowest BCUT2D eigenvalue weighted by Crippen LogP contribution is -2.44. The maximum Gasteiger partial charge on any atom is 0.250 e. The largest absolute Gasteiger partial charge is 0.344 e. The van der Waals surface area contributed by atoms with Gasteiger partial charge in [-0.25, -0.2) is 0 Å². The Hall–Kier alpha value is 0.430. The van der Waals surface area contributed by atoms with E-state index >= 15 is 0 Å². The van der Waals surface area contributed by atoms with E-state index in [1.54, 1.807) is 4.90 Å². The average Bonchev–Trinajstić information content (AvgIpc) is 1.83. The van der Waals surface area contributed by atoms with Crippen LogP contribution in [0.4, 0.5) is 0 Å². The third kappa shape index (κ3) is 1.53. The predicted octanol–water partition coefficient (Wildman–Crippen LogP) is 1.72. The van der Waals surface area contributed by atoms with Crippen LogP contribution in [0.2, 0.25) is 0 Å². The Morgan fingerprint density at radius 2 is 2.20 bits per heavy atom. The van der Waals surface area contributed by atoms with E-state index in [4.69, 9.17) is 0 Å². The highest BCUT2D eigenvalue weighted by atomic mass is 79.9. The van der Waals surface area contributed by atoms with Gasteiger partial charge in [0, 0.05) is 13.6 Å². The Balaban J connectivity index is 2.70. The maximum atomic E-state index is 11.3. The van der Waals surface area contributed by atoms with Crippen molar-refractivity contribution in [3.8, 4) is 0 Å². The molecule has 0 saturated carbocycles. The normalized spacial score (nSPS) is 25.1. The van der Waals surface area contributed by atoms with Gasteiger partial charge >= 0.3 is 0 Å². The quantitative estimate of drug-likeness (QED) is 0.614. The molecule has 1 amide bonds. The number of likely N-dealkylation sites (tertiary alicyclic amines) is 1. The fourth-order valence-corrected chi connectivity index (χ4v) is 2.19. The second-order valence-electron chi connectivity index (χ2n) is 2.53. The van der Waals surface area contributed by atoms with E-state index in [-0.39, 0.29) is 5.91 Å². The number of rotatable bonds is 0. The molecule has 1 rings (SSSR count). The van der Waals surface area contributed by atoms with Crippen LogP contribution in [-0.4, -0.2) is 27.6 Å². The fraction of sp³-hybridized carbons (Fsp3) is 0.833. The first kappa shape index (κ1) is 8.53. The second-order valence-corrected chi connectivity index (χ2v) is 6.31. The molecule has 58 valence electrons. The van der Waals surface area contributed by atoms with Gasteiger partial charge in [0.15, 0.2) is 3.23 Å². The topological polar surface area (TPSA) is 20.3 Å². The molecule has 0 unspecified atom stereocenters. The highest BCUT2D eigenvalue weighted by molar-refractivity contribution is 9.25. The molecule has 2 nitrogen and oxygen atoms in total. The molecule has 0 aromatic rings. The molecule has 1 aliphatic rings. The van der Waals surface area contributed by atoms with Crippen molar-refractivity contribution in [2.45, 2.75) is 16.1 Å². The number of carbonyl (C=O) groups excluding carboxylic acids is 1. The van der Waals surface area contributed by atoms with Crippen LogP contribution in [0.1, 0.15) is 12.8 Å². The Labute approximate surface area is 77.2 Å². The number of hydrogen-bond acceptors (Lipinski definition) is 1. The van der Waals surface area contributed by atoms with Crippen molar-refractivity contribution in [2.75, 3.05) is 13.6 Å². The monoisotopic (exact) mass is 269 g/mol. The molecule has 1 saturated heterocycles. The maximum absolute atomic E-state index is 11.3. The molecular weight excluding hydrogens is 262 g/mol. The first-order chi connectivity index (χ1) is 4.54. The van der Waals surface area contributed by atoms with Gasteiger partial charge in [0.25, 0.3) is 0 Å². The number of nitrogens with zero attached hydrogens (tertiary/aromatic N) is 1. The van der Waals surface area contributed by atoms with Gasteiger partial charge in [-0.1, -0.05) is 31.9 Å². The first-order valence-corrected chi connectivity index (χ1v) is 4.76. The summed E-state index contributed by atoms with van der Waals surface area (Å²) in [6, 6.07) is 0. The van der Waals surface area contributed by atoms with Crippen molar-refractivity contribution in [1.29, 1.82) is 0 Å². The summed E-state index contributed by atoms with van der Waals surface area (Å²) in [5, 5.41) is 0. The fourth-order valence-electron chi connectivity index (χ4n) is 1.03. The van der Waals surface area contributed by atoms with Crippen LogP contribution in [0.3, 0.4) is 0 Å². The zero-order valence-electron chi connectivity index (χ0n) is 5.73. The Kier molecular flexibility index (Phi) is 2.40. The molecule has 0 bridgehead atoms. The van der Waals surface area contributed by atoms with E-state index in [1.165, 1.54) is 0 Å². The molecule has 1 heterocycles. The van der Waals surface area contributed by atoms with Crippen LogP contribution in [0.25, 0.3) is 0 Å². The molecule has 10 heavy (non-hydrogen) atoms. The number of hydrogen-bond donors (Lipinski definition) is 0. The van der Waals surface area contributed by atoms with Gasteiger partial charge in [0.2, 0.25) is 5.91 Å². The van der Waals surface area contributed by atoms with Crippen LogP contribution in [0.5, 0.6) is 0 Å². The first-order valence-electron chi connectivity index (χ1n) is 3.17. The summed E-state index contributed by atoms with van der Waals surface area (Å²) in [5.74, 6) is 0.124. The molecule has 0 radical (unpaired) electrons. The highest BCUT2D eigenvalue weighted by Crippen LogP contribution is 2.36. The number of alkyl halides is 2. The van der Waals surface area contributed by atoms with Crippen LogP contribution in [-0.2, 0) is 4.79 Å². The van der Waals surface area contributed by atoms with E-state index < -0.39 is 3.23 Å². The van der Waals surface area contributed by atoms with E-state index in [2.05, 4.69) is 31.9 Å². The van der Waals surface area contributed by atoms with E-state index in [0.717, 1.165) is 19.4 Å². The Morgan fingerprint density at radius 3 is 2.60 bits per heavy atom. The summed E-state index contributed by atoms with van der Waals surface area (Å²) in [7, 11) is 1.82. The lowest BCUT2D eigenvalue weighted by atomic mass is 10.1. The summed E-state index contributed by atoms with van der Waals surface area (Å²) in [6.07, 6.45) is 1.93. The highest BCUT2D eigenvalue weighted by Gasteiger charge is 2.37. The summed E-state index contributed by atoms with van der Waals surface area (Å²) in [6.45, 7) is 0.873. The third-order valence-corrected chi connectivity index (χ3v) is 3.12. The van der Waals surface area contributed by atoms with Crippen LogP contribution in [0, 0.1) is 0 Å². The number of amides is 1. The number of carbonyl (C=O) groups is 1. The summed E-state index contributed by atoms with van der Waals surface area (Å²) >= 11 is 6.65. The zero-order chi connectivity index (χ0) is 7.78. The molecule has 0 aromatic heterocycles. The lowest BCUT2D eigenvalue weighted by Gasteiger charge is -2.31. The summed E-state index contributed by atoms with van der Waals surface area (Å²) < 4.78 is -0.479. The summed E-state index contributed by atoms with van der Waals surface area (Å²) in [5.41, 5.74) is 0. The number of piperidine rings is 1. The molecular formula is C6H9Br2NO. The number of halogens is 2. The van der Waals surface area contributed by atoms with E-state index in [9.17, 15) is 4.79 Å². The van der Waals surface area contributed by atoms with Gasteiger partial charge in [-0.2, -0.15) is 0 Å². The van der Waals surface area contributed by atoms with Gasteiger partial charge in [-0.15, -0.1) is 0 Å². The van der Waals surface area contributed by atoms with Gasteiger partial charge < -0.3 is 4.90 Å². The molecule has 0 aromatic carbocycles.